The zero-order valence-corrected chi connectivity index (χ0v) is 11.5. The van der Waals surface area contributed by atoms with Crippen LogP contribution < -0.4 is 5.32 Å². The molecule has 1 amide bonds. The number of anilines is 1. The summed E-state index contributed by atoms with van der Waals surface area (Å²) < 4.78 is 30.6. The van der Waals surface area contributed by atoms with Crippen LogP contribution in [0.3, 0.4) is 0 Å². The SMILES string of the molecule is COCC(=O)Nc1ncc(Cc2ccc(F)c(F)c2)s1. The number of hydrogen-bond acceptors (Lipinski definition) is 4. The number of nitrogens with zero attached hydrogens (tertiary/aromatic N) is 1. The molecule has 2 rings (SSSR count). The summed E-state index contributed by atoms with van der Waals surface area (Å²) in [4.78, 5) is 16.2. The number of benzene rings is 1. The quantitative estimate of drug-likeness (QED) is 0.923. The van der Waals surface area contributed by atoms with Gasteiger partial charge in [0.25, 0.3) is 5.91 Å². The number of halogens is 2. The molecule has 0 aliphatic rings. The highest BCUT2D eigenvalue weighted by Gasteiger charge is 2.08. The highest BCUT2D eigenvalue weighted by Crippen LogP contribution is 2.21. The number of methoxy groups -OCH3 is 1. The van der Waals surface area contributed by atoms with E-state index >= 15 is 0 Å². The summed E-state index contributed by atoms with van der Waals surface area (Å²) >= 11 is 1.28. The molecule has 1 heterocycles. The number of carbonyl (C=O) groups excluding carboxylic acids is 1. The Bertz CT molecular complexity index is 616. The van der Waals surface area contributed by atoms with Crippen LogP contribution in [0.2, 0.25) is 0 Å². The number of amides is 1. The van der Waals surface area contributed by atoms with Crippen molar-refractivity contribution in [2.24, 2.45) is 0 Å². The molecule has 1 aromatic carbocycles. The van der Waals surface area contributed by atoms with E-state index in [4.69, 9.17) is 4.74 Å². The van der Waals surface area contributed by atoms with Crippen LogP contribution in [-0.4, -0.2) is 24.6 Å². The maximum absolute atomic E-state index is 13.1. The van der Waals surface area contributed by atoms with E-state index in [0.717, 1.165) is 17.0 Å². The van der Waals surface area contributed by atoms with Gasteiger partial charge in [-0.05, 0) is 17.7 Å². The van der Waals surface area contributed by atoms with Gasteiger partial charge >= 0.3 is 0 Å². The predicted molar refractivity (Wildman–Crippen MR) is 71.8 cm³/mol. The number of aromatic nitrogens is 1. The lowest BCUT2D eigenvalue weighted by Gasteiger charge is -2.00. The van der Waals surface area contributed by atoms with Crippen molar-refractivity contribution in [2.45, 2.75) is 6.42 Å². The highest BCUT2D eigenvalue weighted by molar-refractivity contribution is 7.15. The molecule has 1 N–H and O–H groups in total. The lowest BCUT2D eigenvalue weighted by molar-refractivity contribution is -0.119. The molecular formula is C13H12F2N2O2S. The van der Waals surface area contributed by atoms with E-state index in [-0.39, 0.29) is 12.5 Å². The fraction of sp³-hybridized carbons (Fsp3) is 0.231. The second-order valence-electron chi connectivity index (χ2n) is 4.04. The second kappa shape index (κ2) is 6.53. The first-order valence-corrected chi connectivity index (χ1v) is 6.57. The van der Waals surface area contributed by atoms with E-state index in [9.17, 15) is 13.6 Å². The first kappa shape index (κ1) is 14.5. The third kappa shape index (κ3) is 3.82. The summed E-state index contributed by atoms with van der Waals surface area (Å²) in [5, 5.41) is 3.03. The topological polar surface area (TPSA) is 51.2 Å². The van der Waals surface area contributed by atoms with Crippen LogP contribution >= 0.6 is 11.3 Å². The summed E-state index contributed by atoms with van der Waals surface area (Å²) in [6.45, 7) is -0.0436. The van der Waals surface area contributed by atoms with Crippen LogP contribution in [0, 0.1) is 11.6 Å². The smallest absolute Gasteiger partial charge is 0.252 e. The predicted octanol–water partition coefficient (Wildman–Crippen LogP) is 2.60. The number of thiazole rings is 1. The fourth-order valence-electron chi connectivity index (χ4n) is 1.58. The fourth-order valence-corrected chi connectivity index (χ4v) is 2.45. The molecule has 0 spiro atoms. The maximum atomic E-state index is 13.1. The Morgan fingerprint density at radius 3 is 2.90 bits per heavy atom. The molecule has 1 aromatic heterocycles. The van der Waals surface area contributed by atoms with Crippen LogP contribution in [0.1, 0.15) is 10.4 Å². The van der Waals surface area contributed by atoms with E-state index in [2.05, 4.69) is 10.3 Å². The Labute approximate surface area is 118 Å². The van der Waals surface area contributed by atoms with Crippen molar-refractivity contribution in [2.75, 3.05) is 19.0 Å². The summed E-state index contributed by atoms with van der Waals surface area (Å²) in [5.74, 6) is -2.03. The molecule has 106 valence electrons. The van der Waals surface area contributed by atoms with E-state index in [0.29, 0.717) is 17.1 Å². The summed E-state index contributed by atoms with van der Waals surface area (Å²) in [5.41, 5.74) is 0.641. The molecule has 20 heavy (non-hydrogen) atoms. The van der Waals surface area contributed by atoms with Gasteiger partial charge in [0.1, 0.15) is 6.61 Å². The lowest BCUT2D eigenvalue weighted by Crippen LogP contribution is -2.16. The third-order valence-electron chi connectivity index (χ3n) is 2.44. The van der Waals surface area contributed by atoms with Crippen molar-refractivity contribution in [3.05, 3.63) is 46.5 Å². The van der Waals surface area contributed by atoms with E-state index in [1.807, 2.05) is 0 Å². The van der Waals surface area contributed by atoms with Crippen molar-refractivity contribution >= 4 is 22.4 Å². The Kier molecular flexibility index (Phi) is 4.75. The zero-order chi connectivity index (χ0) is 14.5. The molecule has 0 saturated heterocycles. The van der Waals surface area contributed by atoms with Gasteiger partial charge in [0.05, 0.1) is 0 Å². The van der Waals surface area contributed by atoms with Crippen molar-refractivity contribution < 1.29 is 18.3 Å². The molecule has 0 fully saturated rings. The van der Waals surface area contributed by atoms with Crippen molar-refractivity contribution in [1.29, 1.82) is 0 Å². The van der Waals surface area contributed by atoms with E-state index in [1.54, 1.807) is 6.20 Å². The van der Waals surface area contributed by atoms with Crippen molar-refractivity contribution in [3.63, 3.8) is 0 Å². The Morgan fingerprint density at radius 2 is 2.20 bits per heavy atom. The summed E-state index contributed by atoms with van der Waals surface area (Å²) in [6.07, 6.45) is 2.02. The lowest BCUT2D eigenvalue weighted by atomic mass is 10.1. The molecule has 0 bridgehead atoms. The monoisotopic (exact) mass is 298 g/mol. The molecule has 0 radical (unpaired) electrons. The molecule has 0 aliphatic carbocycles. The van der Waals surface area contributed by atoms with Crippen LogP contribution in [-0.2, 0) is 16.0 Å². The van der Waals surface area contributed by atoms with Crippen LogP contribution in [0.5, 0.6) is 0 Å². The van der Waals surface area contributed by atoms with Gasteiger partial charge in [-0.1, -0.05) is 6.07 Å². The minimum atomic E-state index is -0.874. The summed E-state index contributed by atoms with van der Waals surface area (Å²) in [6, 6.07) is 3.76. The van der Waals surface area contributed by atoms with E-state index < -0.39 is 11.6 Å². The van der Waals surface area contributed by atoms with Gasteiger partial charge < -0.3 is 4.74 Å². The molecule has 7 heteroatoms. The number of rotatable bonds is 5. The first-order chi connectivity index (χ1) is 9.58. The molecule has 4 nitrogen and oxygen atoms in total. The Hall–Kier alpha value is -1.86. The first-order valence-electron chi connectivity index (χ1n) is 5.76. The van der Waals surface area contributed by atoms with E-state index in [1.165, 1.54) is 24.5 Å². The average molecular weight is 298 g/mol. The zero-order valence-electron chi connectivity index (χ0n) is 10.7. The highest BCUT2D eigenvalue weighted by atomic mass is 32.1. The molecular weight excluding hydrogens is 286 g/mol. The number of ether oxygens (including phenoxy) is 1. The number of hydrogen-bond donors (Lipinski definition) is 1. The molecule has 2 aromatic rings. The molecule has 0 aliphatic heterocycles. The van der Waals surface area contributed by atoms with Crippen LogP contribution in [0.15, 0.2) is 24.4 Å². The molecule has 0 atom stereocenters. The van der Waals surface area contributed by atoms with Gasteiger partial charge in [-0.3, -0.25) is 10.1 Å². The molecule has 0 unspecified atom stereocenters. The maximum Gasteiger partial charge on any atom is 0.252 e. The standard InChI is InChI=1S/C13H12F2N2O2S/c1-19-7-12(18)17-13-16-6-9(20-13)4-8-2-3-10(14)11(15)5-8/h2-3,5-6H,4,7H2,1H3,(H,16,17,18). The minimum Gasteiger partial charge on any atom is -0.375 e. The largest absolute Gasteiger partial charge is 0.375 e. The Balaban J connectivity index is 2.02. The third-order valence-corrected chi connectivity index (χ3v) is 3.35. The second-order valence-corrected chi connectivity index (χ2v) is 5.15. The number of carbonyl (C=O) groups is 1. The van der Waals surface area contributed by atoms with Crippen molar-refractivity contribution in [1.82, 2.24) is 4.98 Å². The van der Waals surface area contributed by atoms with Gasteiger partial charge in [0.15, 0.2) is 16.8 Å². The van der Waals surface area contributed by atoms with Crippen molar-refractivity contribution in [3.8, 4) is 0 Å². The average Bonchev–Trinajstić information content (AvgIpc) is 2.81. The van der Waals surface area contributed by atoms with Gasteiger partial charge in [0, 0.05) is 24.6 Å². The normalized spacial score (nSPS) is 10.6. The van der Waals surface area contributed by atoms with Crippen LogP contribution in [0.25, 0.3) is 0 Å². The Morgan fingerprint density at radius 1 is 1.40 bits per heavy atom. The minimum absolute atomic E-state index is 0.0436. The van der Waals surface area contributed by atoms with Gasteiger partial charge in [-0.15, -0.1) is 11.3 Å². The van der Waals surface area contributed by atoms with Gasteiger partial charge in [-0.2, -0.15) is 0 Å². The van der Waals surface area contributed by atoms with Gasteiger partial charge in [0.2, 0.25) is 0 Å². The molecule has 0 saturated carbocycles. The van der Waals surface area contributed by atoms with Gasteiger partial charge in [-0.25, -0.2) is 13.8 Å². The summed E-state index contributed by atoms with van der Waals surface area (Å²) in [7, 11) is 1.43. The number of nitrogens with one attached hydrogen (secondary N) is 1. The van der Waals surface area contributed by atoms with Crippen LogP contribution in [0.4, 0.5) is 13.9 Å².